The first-order valence-electron chi connectivity index (χ1n) is 9.14. The van der Waals surface area contributed by atoms with Crippen LogP contribution in [0.3, 0.4) is 0 Å². The molecule has 5 nitrogen and oxygen atoms in total. The van der Waals surface area contributed by atoms with Crippen molar-refractivity contribution in [1.29, 1.82) is 0 Å². The summed E-state index contributed by atoms with van der Waals surface area (Å²) in [7, 11) is 0. The van der Waals surface area contributed by atoms with Gasteiger partial charge in [-0.05, 0) is 42.7 Å². The molecule has 3 rings (SSSR count). The molecule has 1 aromatic heterocycles. The van der Waals surface area contributed by atoms with Crippen LogP contribution in [0.15, 0.2) is 47.6 Å². The van der Waals surface area contributed by atoms with Crippen LogP contribution in [0.5, 0.6) is 11.6 Å². The number of nitrogens with one attached hydrogen (secondary N) is 1. The Morgan fingerprint density at radius 1 is 1.11 bits per heavy atom. The highest BCUT2D eigenvalue weighted by atomic mass is 127. The molecular weight excluding hydrogens is 458 g/mol. The van der Waals surface area contributed by atoms with E-state index in [1.54, 1.807) is 24.4 Å². The summed E-state index contributed by atoms with van der Waals surface area (Å²) in [6.07, 6.45) is 9.16. The number of aromatic nitrogens is 1. The average Bonchev–Trinajstić information content (AvgIpc) is 2.92. The lowest BCUT2D eigenvalue weighted by Crippen LogP contribution is -2.39. The van der Waals surface area contributed by atoms with E-state index < -0.39 is 0 Å². The Labute approximate surface area is 176 Å². The predicted octanol–water partition coefficient (Wildman–Crippen LogP) is 4.76. The van der Waals surface area contributed by atoms with E-state index in [1.807, 2.05) is 6.07 Å². The molecule has 27 heavy (non-hydrogen) atoms. The first kappa shape index (κ1) is 21.4. The summed E-state index contributed by atoms with van der Waals surface area (Å²) in [6, 6.07) is 9.93. The van der Waals surface area contributed by atoms with E-state index >= 15 is 0 Å². The van der Waals surface area contributed by atoms with Gasteiger partial charge >= 0.3 is 0 Å². The van der Waals surface area contributed by atoms with E-state index in [0.29, 0.717) is 30.2 Å². The van der Waals surface area contributed by atoms with Crippen LogP contribution < -0.4 is 15.8 Å². The lowest BCUT2D eigenvalue weighted by molar-refractivity contribution is 0.461. The standard InChI is InChI=1S/C20H25FN4O.HI/c21-16-8-10-18(11-9-16)26-19-12-7-15(13-23-19)14-24-20(22)25-17-5-3-1-2-4-6-17;/h7-13,17H,1-6,14H2,(H3,22,24,25);1H. The molecule has 0 saturated heterocycles. The topological polar surface area (TPSA) is 72.5 Å². The fourth-order valence-corrected chi connectivity index (χ4v) is 3.04. The molecule has 0 spiro atoms. The largest absolute Gasteiger partial charge is 0.439 e. The van der Waals surface area contributed by atoms with Crippen molar-refractivity contribution in [2.24, 2.45) is 10.7 Å². The molecule has 0 bridgehead atoms. The molecule has 1 aliphatic rings. The van der Waals surface area contributed by atoms with Crippen molar-refractivity contribution in [1.82, 2.24) is 10.3 Å². The number of benzene rings is 1. The fraction of sp³-hybridized carbons (Fsp3) is 0.400. The number of ether oxygens (including phenoxy) is 1. The highest BCUT2D eigenvalue weighted by Gasteiger charge is 2.12. The second-order valence-corrected chi connectivity index (χ2v) is 6.59. The molecular formula is C20H26FIN4O. The molecule has 1 heterocycles. The summed E-state index contributed by atoms with van der Waals surface area (Å²) in [5.41, 5.74) is 6.96. The van der Waals surface area contributed by atoms with Crippen molar-refractivity contribution < 1.29 is 9.13 Å². The second-order valence-electron chi connectivity index (χ2n) is 6.59. The van der Waals surface area contributed by atoms with E-state index in [1.165, 1.54) is 37.8 Å². The Morgan fingerprint density at radius 3 is 2.44 bits per heavy atom. The summed E-state index contributed by atoms with van der Waals surface area (Å²) in [5.74, 6) is 1.19. The van der Waals surface area contributed by atoms with Gasteiger partial charge in [0.1, 0.15) is 11.6 Å². The van der Waals surface area contributed by atoms with Gasteiger partial charge in [-0.2, -0.15) is 0 Å². The van der Waals surface area contributed by atoms with Crippen molar-refractivity contribution in [3.63, 3.8) is 0 Å². The SMILES string of the molecule is I.NC(=NCc1ccc(Oc2ccc(F)cc2)nc1)NC1CCCCCC1. The fourth-order valence-electron chi connectivity index (χ4n) is 3.04. The van der Waals surface area contributed by atoms with E-state index in [9.17, 15) is 4.39 Å². The maximum absolute atomic E-state index is 12.9. The zero-order valence-electron chi connectivity index (χ0n) is 15.2. The normalized spacial score (nSPS) is 15.5. The van der Waals surface area contributed by atoms with Crippen molar-refractivity contribution >= 4 is 29.9 Å². The molecule has 1 aliphatic carbocycles. The molecule has 7 heteroatoms. The van der Waals surface area contributed by atoms with Crippen LogP contribution in [-0.2, 0) is 6.54 Å². The van der Waals surface area contributed by atoms with Gasteiger partial charge in [0.25, 0.3) is 0 Å². The lowest BCUT2D eigenvalue weighted by Gasteiger charge is -2.16. The first-order chi connectivity index (χ1) is 12.7. The number of rotatable bonds is 5. The molecule has 0 radical (unpaired) electrons. The van der Waals surface area contributed by atoms with Gasteiger partial charge in [-0.25, -0.2) is 14.4 Å². The number of hydrogen-bond donors (Lipinski definition) is 2. The van der Waals surface area contributed by atoms with Gasteiger partial charge in [-0.1, -0.05) is 31.7 Å². The zero-order valence-corrected chi connectivity index (χ0v) is 17.6. The Morgan fingerprint density at radius 2 is 1.81 bits per heavy atom. The number of aliphatic imine (C=N–C) groups is 1. The number of nitrogens with zero attached hydrogens (tertiary/aromatic N) is 2. The van der Waals surface area contributed by atoms with Crippen molar-refractivity contribution in [2.75, 3.05) is 0 Å². The predicted molar refractivity (Wildman–Crippen MR) is 116 cm³/mol. The van der Waals surface area contributed by atoms with E-state index in [0.717, 1.165) is 18.4 Å². The molecule has 0 amide bonds. The second kappa shape index (κ2) is 11.1. The summed E-state index contributed by atoms with van der Waals surface area (Å²) in [5, 5.41) is 3.33. The molecule has 3 N–H and O–H groups in total. The highest BCUT2D eigenvalue weighted by Crippen LogP contribution is 2.20. The van der Waals surface area contributed by atoms with Crippen LogP contribution in [0.4, 0.5) is 4.39 Å². The van der Waals surface area contributed by atoms with Crippen molar-refractivity contribution in [3.8, 4) is 11.6 Å². The number of guanidine groups is 1. The van der Waals surface area contributed by atoms with Crippen LogP contribution in [0, 0.1) is 5.82 Å². The first-order valence-corrected chi connectivity index (χ1v) is 9.14. The molecule has 1 saturated carbocycles. The average molecular weight is 484 g/mol. The molecule has 146 valence electrons. The summed E-state index contributed by atoms with van der Waals surface area (Å²) in [4.78, 5) is 8.66. The molecule has 2 aromatic rings. The Balaban J connectivity index is 0.00000261. The minimum absolute atomic E-state index is 0. The van der Waals surface area contributed by atoms with Gasteiger partial charge in [0, 0.05) is 18.3 Å². The third kappa shape index (κ3) is 7.32. The van der Waals surface area contributed by atoms with Crippen molar-refractivity contribution in [3.05, 3.63) is 54.0 Å². The Kier molecular flexibility index (Phi) is 8.77. The monoisotopic (exact) mass is 484 g/mol. The summed E-state index contributed by atoms with van der Waals surface area (Å²) >= 11 is 0. The molecule has 0 aliphatic heterocycles. The number of nitrogens with two attached hydrogens (primary N) is 1. The van der Waals surface area contributed by atoms with Crippen LogP contribution >= 0.6 is 24.0 Å². The smallest absolute Gasteiger partial charge is 0.219 e. The van der Waals surface area contributed by atoms with Crippen LogP contribution in [0.25, 0.3) is 0 Å². The minimum Gasteiger partial charge on any atom is -0.439 e. The van der Waals surface area contributed by atoms with E-state index in [4.69, 9.17) is 10.5 Å². The number of halogens is 2. The minimum atomic E-state index is -0.298. The van der Waals surface area contributed by atoms with Gasteiger partial charge < -0.3 is 15.8 Å². The highest BCUT2D eigenvalue weighted by molar-refractivity contribution is 14.0. The maximum atomic E-state index is 12.9. The van der Waals surface area contributed by atoms with Gasteiger partial charge in [0.2, 0.25) is 5.88 Å². The molecule has 0 atom stereocenters. The van der Waals surface area contributed by atoms with Crippen LogP contribution in [0.2, 0.25) is 0 Å². The number of hydrogen-bond acceptors (Lipinski definition) is 3. The van der Waals surface area contributed by atoms with Crippen molar-refractivity contribution in [2.45, 2.75) is 51.1 Å². The van der Waals surface area contributed by atoms with Crippen LogP contribution in [0.1, 0.15) is 44.1 Å². The quantitative estimate of drug-likeness (QED) is 0.278. The van der Waals surface area contributed by atoms with E-state index in [2.05, 4.69) is 15.3 Å². The zero-order chi connectivity index (χ0) is 18.2. The molecule has 1 aromatic carbocycles. The summed E-state index contributed by atoms with van der Waals surface area (Å²) in [6.45, 7) is 0.468. The number of pyridine rings is 1. The van der Waals surface area contributed by atoms with E-state index in [-0.39, 0.29) is 29.8 Å². The molecule has 0 unspecified atom stereocenters. The molecule has 1 fully saturated rings. The van der Waals surface area contributed by atoms with Gasteiger partial charge in [-0.3, -0.25) is 0 Å². The maximum Gasteiger partial charge on any atom is 0.219 e. The third-order valence-corrected chi connectivity index (χ3v) is 4.47. The summed E-state index contributed by atoms with van der Waals surface area (Å²) < 4.78 is 18.5. The van der Waals surface area contributed by atoms with Gasteiger partial charge in [0.05, 0.1) is 6.54 Å². The lowest BCUT2D eigenvalue weighted by atomic mass is 10.1. The Bertz CT molecular complexity index is 714. The van der Waals surface area contributed by atoms with Gasteiger partial charge in [-0.15, -0.1) is 24.0 Å². The Hall–Kier alpha value is -1.90. The van der Waals surface area contributed by atoms with Gasteiger partial charge in [0.15, 0.2) is 5.96 Å². The van der Waals surface area contributed by atoms with Crippen LogP contribution in [-0.4, -0.2) is 17.0 Å². The third-order valence-electron chi connectivity index (χ3n) is 4.47.